The summed E-state index contributed by atoms with van der Waals surface area (Å²) in [6.07, 6.45) is 1.77. The molecule has 0 aliphatic carbocycles. The molecule has 5 nitrogen and oxygen atoms in total. The zero-order valence-electron chi connectivity index (χ0n) is 12.3. The van der Waals surface area contributed by atoms with Gasteiger partial charge in [-0.3, -0.25) is 9.48 Å². The zero-order chi connectivity index (χ0) is 15.4. The minimum atomic E-state index is 0.0187. The third-order valence-electron chi connectivity index (χ3n) is 3.28. The van der Waals surface area contributed by atoms with Crippen LogP contribution >= 0.6 is 11.6 Å². The van der Waals surface area contributed by atoms with Gasteiger partial charge in [-0.1, -0.05) is 11.6 Å². The summed E-state index contributed by atoms with van der Waals surface area (Å²) in [7, 11) is 3.37. The van der Waals surface area contributed by atoms with Crippen LogP contribution in [-0.2, 0) is 11.3 Å². The van der Waals surface area contributed by atoms with Gasteiger partial charge in [-0.2, -0.15) is 5.10 Å². The van der Waals surface area contributed by atoms with Crippen LogP contribution in [0.25, 0.3) is 11.3 Å². The molecule has 21 heavy (non-hydrogen) atoms. The fourth-order valence-corrected chi connectivity index (χ4v) is 2.08. The Bertz CT molecular complexity index is 640. The maximum absolute atomic E-state index is 11.9. The number of hydrogen-bond acceptors (Lipinski definition) is 3. The highest BCUT2D eigenvalue weighted by molar-refractivity contribution is 6.30. The number of rotatable bonds is 5. The van der Waals surface area contributed by atoms with Crippen molar-refractivity contribution in [2.45, 2.75) is 13.5 Å². The van der Waals surface area contributed by atoms with Crippen LogP contribution < -0.4 is 4.74 Å². The van der Waals surface area contributed by atoms with Crippen molar-refractivity contribution in [2.24, 2.45) is 0 Å². The molecule has 1 heterocycles. The van der Waals surface area contributed by atoms with Crippen molar-refractivity contribution in [3.05, 3.63) is 35.5 Å². The minimum Gasteiger partial charge on any atom is -0.496 e. The van der Waals surface area contributed by atoms with Crippen molar-refractivity contribution >= 4 is 17.5 Å². The summed E-state index contributed by atoms with van der Waals surface area (Å²) in [5.74, 6) is 0.715. The Morgan fingerprint density at radius 1 is 1.43 bits per heavy atom. The van der Waals surface area contributed by atoms with Crippen LogP contribution in [0.3, 0.4) is 0 Å². The van der Waals surface area contributed by atoms with Crippen LogP contribution in [0.4, 0.5) is 0 Å². The molecule has 0 atom stereocenters. The van der Waals surface area contributed by atoms with Crippen LogP contribution in [0.5, 0.6) is 5.75 Å². The van der Waals surface area contributed by atoms with Crippen molar-refractivity contribution in [1.82, 2.24) is 14.7 Å². The molecule has 1 aromatic carbocycles. The molecule has 112 valence electrons. The number of carbonyl (C=O) groups excluding carboxylic acids is 1. The predicted octanol–water partition coefficient (Wildman–Crippen LogP) is 2.69. The monoisotopic (exact) mass is 307 g/mol. The van der Waals surface area contributed by atoms with E-state index in [0.29, 0.717) is 17.3 Å². The second-order valence-electron chi connectivity index (χ2n) is 4.65. The first kappa shape index (κ1) is 15.4. The summed E-state index contributed by atoms with van der Waals surface area (Å²) in [5.41, 5.74) is 1.53. The van der Waals surface area contributed by atoms with Crippen molar-refractivity contribution < 1.29 is 9.53 Å². The first-order valence-electron chi connectivity index (χ1n) is 6.66. The molecular formula is C15H18ClN3O2. The van der Waals surface area contributed by atoms with Gasteiger partial charge in [-0.15, -0.1) is 0 Å². The van der Waals surface area contributed by atoms with Crippen LogP contribution in [0.15, 0.2) is 30.5 Å². The molecule has 0 saturated heterocycles. The fraction of sp³-hybridized carbons (Fsp3) is 0.333. The van der Waals surface area contributed by atoms with Crippen LogP contribution in [-0.4, -0.2) is 41.3 Å². The smallest absolute Gasteiger partial charge is 0.244 e. The average Bonchev–Trinajstić information content (AvgIpc) is 2.94. The molecule has 0 aliphatic heterocycles. The SMILES string of the molecule is CCN(C)C(=O)Cn1ccc(-c2cc(Cl)ccc2OC)n1. The molecule has 2 aromatic rings. The number of halogens is 1. The second kappa shape index (κ2) is 6.63. The number of ether oxygens (including phenoxy) is 1. The topological polar surface area (TPSA) is 47.4 Å². The van der Waals surface area contributed by atoms with E-state index in [4.69, 9.17) is 16.3 Å². The van der Waals surface area contributed by atoms with E-state index in [1.54, 1.807) is 48.1 Å². The lowest BCUT2D eigenvalue weighted by atomic mass is 10.1. The van der Waals surface area contributed by atoms with E-state index in [0.717, 1.165) is 11.3 Å². The molecule has 0 unspecified atom stereocenters. The van der Waals surface area contributed by atoms with Crippen molar-refractivity contribution in [3.8, 4) is 17.0 Å². The largest absolute Gasteiger partial charge is 0.496 e. The molecule has 0 bridgehead atoms. The highest BCUT2D eigenvalue weighted by Gasteiger charge is 2.12. The summed E-state index contributed by atoms with van der Waals surface area (Å²) >= 11 is 6.02. The van der Waals surface area contributed by atoms with E-state index >= 15 is 0 Å². The second-order valence-corrected chi connectivity index (χ2v) is 5.09. The number of aromatic nitrogens is 2. The van der Waals surface area contributed by atoms with E-state index in [9.17, 15) is 4.79 Å². The van der Waals surface area contributed by atoms with Gasteiger partial charge in [0.2, 0.25) is 5.91 Å². The van der Waals surface area contributed by atoms with Crippen molar-refractivity contribution in [3.63, 3.8) is 0 Å². The molecule has 1 amide bonds. The standard InChI is InChI=1S/C15H18ClN3O2/c1-4-18(2)15(20)10-19-8-7-13(17-19)12-9-11(16)5-6-14(12)21-3/h5-9H,4,10H2,1-3H3. The Morgan fingerprint density at radius 2 is 2.19 bits per heavy atom. The zero-order valence-corrected chi connectivity index (χ0v) is 13.1. The summed E-state index contributed by atoms with van der Waals surface area (Å²) in [6, 6.07) is 7.20. The lowest BCUT2D eigenvalue weighted by Crippen LogP contribution is -2.30. The first-order valence-corrected chi connectivity index (χ1v) is 7.04. The van der Waals surface area contributed by atoms with Gasteiger partial charge in [-0.25, -0.2) is 0 Å². The highest BCUT2D eigenvalue weighted by Crippen LogP contribution is 2.31. The quantitative estimate of drug-likeness (QED) is 0.853. The van der Waals surface area contributed by atoms with Gasteiger partial charge in [0.25, 0.3) is 0 Å². The molecule has 0 N–H and O–H groups in total. The molecule has 0 spiro atoms. The third-order valence-corrected chi connectivity index (χ3v) is 3.51. The van der Waals surface area contributed by atoms with Gasteiger partial charge in [0.05, 0.1) is 12.8 Å². The van der Waals surface area contributed by atoms with Gasteiger partial charge >= 0.3 is 0 Å². The number of benzene rings is 1. The number of methoxy groups -OCH3 is 1. The summed E-state index contributed by atoms with van der Waals surface area (Å²) in [4.78, 5) is 13.5. The van der Waals surface area contributed by atoms with E-state index < -0.39 is 0 Å². The van der Waals surface area contributed by atoms with Gasteiger partial charge in [0.15, 0.2) is 0 Å². The molecule has 0 fully saturated rings. The van der Waals surface area contributed by atoms with E-state index in [1.807, 2.05) is 13.0 Å². The maximum atomic E-state index is 11.9. The average molecular weight is 308 g/mol. The van der Waals surface area contributed by atoms with Crippen molar-refractivity contribution in [1.29, 1.82) is 0 Å². The van der Waals surface area contributed by atoms with Crippen LogP contribution in [0.2, 0.25) is 5.02 Å². The number of nitrogens with zero attached hydrogens (tertiary/aromatic N) is 3. The molecule has 0 aliphatic rings. The lowest BCUT2D eigenvalue weighted by Gasteiger charge is -2.14. The molecule has 0 saturated carbocycles. The fourth-order valence-electron chi connectivity index (χ4n) is 1.91. The Balaban J connectivity index is 2.24. The molecule has 0 radical (unpaired) electrons. The minimum absolute atomic E-state index is 0.0187. The number of hydrogen-bond donors (Lipinski definition) is 0. The Hall–Kier alpha value is -2.01. The summed E-state index contributed by atoms with van der Waals surface area (Å²) in [6.45, 7) is 2.82. The Kier molecular flexibility index (Phi) is 4.85. The molecule has 1 aromatic heterocycles. The third kappa shape index (κ3) is 3.55. The van der Waals surface area contributed by atoms with E-state index in [1.165, 1.54) is 0 Å². The predicted molar refractivity (Wildman–Crippen MR) is 82.5 cm³/mol. The van der Waals surface area contributed by atoms with E-state index in [-0.39, 0.29) is 12.5 Å². The maximum Gasteiger partial charge on any atom is 0.244 e. The van der Waals surface area contributed by atoms with Crippen LogP contribution in [0.1, 0.15) is 6.92 Å². The summed E-state index contributed by atoms with van der Waals surface area (Å²) < 4.78 is 6.93. The first-order chi connectivity index (χ1) is 10.0. The number of likely N-dealkylation sites (N-methyl/N-ethyl adjacent to an activating group) is 1. The number of amides is 1. The van der Waals surface area contributed by atoms with Gasteiger partial charge in [0, 0.05) is 30.4 Å². The van der Waals surface area contributed by atoms with Crippen LogP contribution in [0, 0.1) is 0 Å². The molecule has 2 rings (SSSR count). The summed E-state index contributed by atoms with van der Waals surface area (Å²) in [5, 5.41) is 5.03. The lowest BCUT2D eigenvalue weighted by molar-refractivity contribution is -0.130. The molecule has 6 heteroatoms. The number of carbonyl (C=O) groups is 1. The molecular weight excluding hydrogens is 290 g/mol. The Morgan fingerprint density at radius 3 is 2.86 bits per heavy atom. The normalized spacial score (nSPS) is 10.5. The van der Waals surface area contributed by atoms with Gasteiger partial charge in [-0.05, 0) is 31.2 Å². The van der Waals surface area contributed by atoms with E-state index in [2.05, 4.69) is 5.10 Å². The highest BCUT2D eigenvalue weighted by atomic mass is 35.5. The Labute approximate surface area is 129 Å². The van der Waals surface area contributed by atoms with Crippen molar-refractivity contribution in [2.75, 3.05) is 20.7 Å². The van der Waals surface area contributed by atoms with Gasteiger partial charge in [0.1, 0.15) is 12.3 Å². The van der Waals surface area contributed by atoms with Gasteiger partial charge < -0.3 is 9.64 Å².